The fourth-order valence-corrected chi connectivity index (χ4v) is 4.08. The van der Waals surface area contributed by atoms with Gasteiger partial charge in [-0.15, -0.1) is 0 Å². The molecule has 0 aromatic heterocycles. The smallest absolute Gasteiger partial charge is 0.241 e. The predicted octanol–water partition coefficient (Wildman–Crippen LogP) is 2.09. The second-order valence-corrected chi connectivity index (χ2v) is 7.37. The van der Waals surface area contributed by atoms with Crippen LogP contribution in [0.15, 0.2) is 17.0 Å². The van der Waals surface area contributed by atoms with E-state index in [9.17, 15) is 12.8 Å². The molecular formula is C14H23FN2O2S. The summed E-state index contributed by atoms with van der Waals surface area (Å²) < 4.78 is 41.1. The highest BCUT2D eigenvalue weighted by molar-refractivity contribution is 7.89. The Morgan fingerprint density at radius 1 is 1.30 bits per heavy atom. The van der Waals surface area contributed by atoms with Crippen LogP contribution < -0.4 is 10.5 Å². The second kappa shape index (κ2) is 5.79. The SMILES string of the molecule is Cc1cc(F)cc(C)c1S(=O)(=O)NC(C)(CN)C(C)C. The maximum Gasteiger partial charge on any atom is 0.241 e. The summed E-state index contributed by atoms with van der Waals surface area (Å²) in [4.78, 5) is 0.124. The van der Waals surface area contributed by atoms with Crippen molar-refractivity contribution in [2.45, 2.75) is 45.1 Å². The van der Waals surface area contributed by atoms with Gasteiger partial charge in [-0.25, -0.2) is 17.5 Å². The van der Waals surface area contributed by atoms with Gasteiger partial charge in [0, 0.05) is 12.1 Å². The zero-order valence-electron chi connectivity index (χ0n) is 12.6. The molecule has 114 valence electrons. The molecule has 0 saturated carbocycles. The molecule has 1 atom stereocenters. The predicted molar refractivity (Wildman–Crippen MR) is 78.5 cm³/mol. The van der Waals surface area contributed by atoms with Crippen LogP contribution in [-0.2, 0) is 10.0 Å². The van der Waals surface area contributed by atoms with Gasteiger partial charge < -0.3 is 5.73 Å². The van der Waals surface area contributed by atoms with Gasteiger partial charge >= 0.3 is 0 Å². The third-order valence-electron chi connectivity index (χ3n) is 3.76. The summed E-state index contributed by atoms with van der Waals surface area (Å²) in [5.41, 5.74) is 5.74. The van der Waals surface area contributed by atoms with Gasteiger partial charge in [-0.1, -0.05) is 13.8 Å². The minimum Gasteiger partial charge on any atom is -0.329 e. The summed E-state index contributed by atoms with van der Waals surface area (Å²) in [5, 5.41) is 0. The van der Waals surface area contributed by atoms with E-state index in [1.807, 2.05) is 13.8 Å². The summed E-state index contributed by atoms with van der Waals surface area (Å²) in [6.45, 7) is 8.92. The average Bonchev–Trinajstić information content (AvgIpc) is 2.25. The Morgan fingerprint density at radius 3 is 2.10 bits per heavy atom. The van der Waals surface area contributed by atoms with Gasteiger partial charge in [0.2, 0.25) is 10.0 Å². The van der Waals surface area contributed by atoms with Gasteiger partial charge in [0.15, 0.2) is 0 Å². The van der Waals surface area contributed by atoms with Crippen molar-refractivity contribution in [1.29, 1.82) is 0 Å². The van der Waals surface area contributed by atoms with Crippen LogP contribution in [0.2, 0.25) is 0 Å². The summed E-state index contributed by atoms with van der Waals surface area (Å²) >= 11 is 0. The van der Waals surface area contributed by atoms with Crippen molar-refractivity contribution in [3.8, 4) is 0 Å². The molecule has 1 rings (SSSR count). The Balaban J connectivity index is 3.32. The van der Waals surface area contributed by atoms with Gasteiger partial charge in [-0.3, -0.25) is 0 Å². The lowest BCUT2D eigenvalue weighted by molar-refractivity contribution is 0.314. The Morgan fingerprint density at radius 2 is 1.75 bits per heavy atom. The van der Waals surface area contributed by atoms with E-state index in [1.165, 1.54) is 12.1 Å². The molecule has 0 aliphatic carbocycles. The van der Waals surface area contributed by atoms with E-state index in [1.54, 1.807) is 20.8 Å². The second-order valence-electron chi connectivity index (χ2n) is 5.75. The molecule has 0 saturated heterocycles. The van der Waals surface area contributed by atoms with E-state index < -0.39 is 21.4 Å². The van der Waals surface area contributed by atoms with Crippen molar-refractivity contribution in [2.24, 2.45) is 11.7 Å². The number of rotatable bonds is 5. The first-order valence-corrected chi connectivity index (χ1v) is 8.02. The van der Waals surface area contributed by atoms with Gasteiger partial charge in [0.05, 0.1) is 4.90 Å². The van der Waals surface area contributed by atoms with Crippen LogP contribution in [0.25, 0.3) is 0 Å². The van der Waals surface area contributed by atoms with Gasteiger partial charge in [-0.05, 0) is 49.9 Å². The standard InChI is InChI=1S/C14H23FN2O2S/c1-9(2)14(5,8-16)17-20(18,19)13-10(3)6-12(15)7-11(13)4/h6-7,9,17H,8,16H2,1-5H3. The van der Waals surface area contributed by atoms with Crippen molar-refractivity contribution in [3.63, 3.8) is 0 Å². The van der Waals surface area contributed by atoms with E-state index in [2.05, 4.69) is 4.72 Å². The molecule has 1 unspecified atom stereocenters. The molecule has 4 nitrogen and oxygen atoms in total. The first kappa shape index (κ1) is 17.1. The zero-order chi connectivity index (χ0) is 15.7. The molecular weight excluding hydrogens is 279 g/mol. The Kier molecular flexibility index (Phi) is 4.94. The summed E-state index contributed by atoms with van der Waals surface area (Å²) in [6.07, 6.45) is 0. The van der Waals surface area contributed by atoms with Crippen molar-refractivity contribution in [2.75, 3.05) is 6.54 Å². The lowest BCUT2D eigenvalue weighted by Crippen LogP contribution is -2.55. The minimum atomic E-state index is -3.75. The number of sulfonamides is 1. The lowest BCUT2D eigenvalue weighted by Gasteiger charge is -2.33. The molecule has 0 spiro atoms. The summed E-state index contributed by atoms with van der Waals surface area (Å²) in [5.74, 6) is -0.410. The highest BCUT2D eigenvalue weighted by atomic mass is 32.2. The first-order chi connectivity index (χ1) is 9.03. The lowest BCUT2D eigenvalue weighted by atomic mass is 9.90. The molecule has 1 aromatic carbocycles. The van der Waals surface area contributed by atoms with Crippen molar-refractivity contribution < 1.29 is 12.8 Å². The fraction of sp³-hybridized carbons (Fsp3) is 0.571. The van der Waals surface area contributed by atoms with E-state index in [4.69, 9.17) is 5.73 Å². The van der Waals surface area contributed by atoms with Gasteiger partial charge in [0.25, 0.3) is 0 Å². The van der Waals surface area contributed by atoms with Gasteiger partial charge in [0.1, 0.15) is 5.82 Å². The van der Waals surface area contributed by atoms with E-state index in [0.29, 0.717) is 11.1 Å². The number of halogens is 1. The molecule has 6 heteroatoms. The zero-order valence-corrected chi connectivity index (χ0v) is 13.4. The normalized spacial score (nSPS) is 15.4. The highest BCUT2D eigenvalue weighted by Gasteiger charge is 2.33. The van der Waals surface area contributed by atoms with Crippen LogP contribution in [0.1, 0.15) is 31.9 Å². The topological polar surface area (TPSA) is 72.2 Å². The average molecular weight is 302 g/mol. The Hall–Kier alpha value is -0.980. The molecule has 3 N–H and O–H groups in total. The molecule has 0 heterocycles. The van der Waals surface area contributed by atoms with E-state index in [0.717, 1.165) is 0 Å². The summed E-state index contributed by atoms with van der Waals surface area (Å²) in [6, 6.07) is 2.44. The van der Waals surface area contributed by atoms with Crippen LogP contribution in [-0.4, -0.2) is 20.5 Å². The third-order valence-corrected chi connectivity index (χ3v) is 5.68. The summed E-state index contributed by atoms with van der Waals surface area (Å²) in [7, 11) is -3.75. The molecule has 0 aliphatic rings. The Labute approximate surface area is 120 Å². The molecule has 0 amide bonds. The maximum absolute atomic E-state index is 13.3. The van der Waals surface area contributed by atoms with Gasteiger partial charge in [-0.2, -0.15) is 0 Å². The minimum absolute atomic E-state index is 0.0309. The first-order valence-electron chi connectivity index (χ1n) is 6.54. The van der Waals surface area contributed by atoms with Crippen LogP contribution in [0.3, 0.4) is 0 Å². The number of hydrogen-bond acceptors (Lipinski definition) is 3. The highest BCUT2D eigenvalue weighted by Crippen LogP contribution is 2.25. The van der Waals surface area contributed by atoms with E-state index >= 15 is 0 Å². The number of hydrogen-bond donors (Lipinski definition) is 2. The molecule has 0 bridgehead atoms. The van der Waals surface area contributed by atoms with Crippen molar-refractivity contribution in [3.05, 3.63) is 29.1 Å². The molecule has 20 heavy (non-hydrogen) atoms. The Bertz CT molecular complexity index is 576. The molecule has 0 aliphatic heterocycles. The van der Waals surface area contributed by atoms with Crippen LogP contribution in [0.4, 0.5) is 4.39 Å². The largest absolute Gasteiger partial charge is 0.329 e. The van der Waals surface area contributed by atoms with Crippen molar-refractivity contribution in [1.82, 2.24) is 4.72 Å². The maximum atomic E-state index is 13.3. The monoisotopic (exact) mass is 302 g/mol. The van der Waals surface area contributed by atoms with Crippen LogP contribution in [0.5, 0.6) is 0 Å². The van der Waals surface area contributed by atoms with Crippen LogP contribution >= 0.6 is 0 Å². The third kappa shape index (κ3) is 3.37. The fourth-order valence-electron chi connectivity index (χ4n) is 2.07. The molecule has 1 aromatic rings. The van der Waals surface area contributed by atoms with Crippen LogP contribution in [0, 0.1) is 25.6 Å². The number of benzene rings is 1. The number of nitrogens with two attached hydrogens (primary N) is 1. The number of nitrogens with one attached hydrogen (secondary N) is 1. The van der Waals surface area contributed by atoms with E-state index in [-0.39, 0.29) is 17.4 Å². The number of aryl methyl sites for hydroxylation is 2. The molecule has 0 radical (unpaired) electrons. The molecule has 0 fully saturated rings. The van der Waals surface area contributed by atoms with Crippen molar-refractivity contribution >= 4 is 10.0 Å². The quantitative estimate of drug-likeness (QED) is 0.875.